The van der Waals surface area contributed by atoms with E-state index in [1.807, 2.05) is 19.1 Å². The summed E-state index contributed by atoms with van der Waals surface area (Å²) in [7, 11) is 0. The lowest BCUT2D eigenvalue weighted by atomic mass is 10.1. The minimum atomic E-state index is 0.589. The van der Waals surface area contributed by atoms with Gasteiger partial charge in [0.2, 0.25) is 0 Å². The van der Waals surface area contributed by atoms with E-state index in [0.717, 1.165) is 0 Å². The maximum absolute atomic E-state index is 3.86. The summed E-state index contributed by atoms with van der Waals surface area (Å²) in [5.41, 5.74) is 1.20. The van der Waals surface area contributed by atoms with E-state index in [0.29, 0.717) is 5.92 Å². The summed E-state index contributed by atoms with van der Waals surface area (Å²) in [5.74, 6) is 0.589. The second kappa shape index (κ2) is 8.22. The van der Waals surface area contributed by atoms with Gasteiger partial charge in [0.05, 0.1) is 0 Å². The molecule has 0 atom stereocenters. The second-order valence-corrected chi connectivity index (χ2v) is 2.23. The Morgan fingerprint density at radius 3 is 1.80 bits per heavy atom. The molecular weight excluding hydrogens is 120 g/mol. The zero-order valence-corrected chi connectivity index (χ0v) is 7.35. The van der Waals surface area contributed by atoms with Gasteiger partial charge in [0, 0.05) is 0 Å². The van der Waals surface area contributed by atoms with Crippen LogP contribution < -0.4 is 0 Å². The van der Waals surface area contributed by atoms with Crippen LogP contribution in [0.2, 0.25) is 0 Å². The van der Waals surface area contributed by atoms with Crippen molar-refractivity contribution >= 4 is 0 Å². The first-order chi connectivity index (χ1) is 4.68. The van der Waals surface area contributed by atoms with Crippen molar-refractivity contribution in [3.63, 3.8) is 0 Å². The van der Waals surface area contributed by atoms with Crippen LogP contribution in [0.15, 0.2) is 37.5 Å². The third kappa shape index (κ3) is 7.22. The molecule has 58 valence electrons. The van der Waals surface area contributed by atoms with Crippen molar-refractivity contribution < 1.29 is 0 Å². The topological polar surface area (TPSA) is 0 Å². The van der Waals surface area contributed by atoms with Gasteiger partial charge in [-0.25, -0.2) is 0 Å². The zero-order valence-electron chi connectivity index (χ0n) is 7.35. The largest absolute Gasteiger partial charge is 0.106 e. The van der Waals surface area contributed by atoms with Crippen molar-refractivity contribution in [2.75, 3.05) is 0 Å². The van der Waals surface area contributed by atoms with E-state index in [2.05, 4.69) is 33.6 Å². The maximum Gasteiger partial charge on any atom is -0.0225 e. The highest BCUT2D eigenvalue weighted by molar-refractivity contribution is 5.15. The Morgan fingerprint density at radius 1 is 1.30 bits per heavy atom. The monoisotopic (exact) mass is 138 g/mol. The molecule has 0 saturated carbocycles. The van der Waals surface area contributed by atoms with E-state index < -0.39 is 0 Å². The zero-order chi connectivity index (χ0) is 8.57. The van der Waals surface area contributed by atoms with Crippen LogP contribution in [0.3, 0.4) is 0 Å². The average Bonchev–Trinajstić information content (AvgIpc) is 1.93. The average molecular weight is 138 g/mol. The molecule has 0 fully saturated rings. The molecule has 0 amide bonds. The molecule has 0 heterocycles. The third-order valence-corrected chi connectivity index (χ3v) is 1.12. The van der Waals surface area contributed by atoms with Crippen molar-refractivity contribution in [1.29, 1.82) is 0 Å². The minimum Gasteiger partial charge on any atom is -0.106 e. The Hall–Kier alpha value is -0.780. The fraction of sp³-hybridized carbons (Fsp3) is 0.400. The lowest BCUT2D eigenvalue weighted by Crippen LogP contribution is -1.86. The van der Waals surface area contributed by atoms with Gasteiger partial charge in [0.15, 0.2) is 0 Å². The molecule has 0 bridgehead atoms. The molecule has 0 aromatic rings. The standard InChI is InChI=1S/C8H14.C2H4/c1-5-6-8(4)7(2)3;1-2/h5-7H,4H2,1-3H3;1-2H2/b6-5-;. The molecule has 0 unspecified atom stereocenters. The Labute approximate surface area is 65.0 Å². The molecule has 0 aromatic heterocycles. The van der Waals surface area contributed by atoms with E-state index in [-0.39, 0.29) is 0 Å². The minimum absolute atomic E-state index is 0.589. The highest BCUT2D eigenvalue weighted by Gasteiger charge is 1.91. The van der Waals surface area contributed by atoms with E-state index in [1.165, 1.54) is 5.57 Å². The van der Waals surface area contributed by atoms with Gasteiger partial charge in [-0.05, 0) is 12.8 Å². The van der Waals surface area contributed by atoms with Gasteiger partial charge < -0.3 is 0 Å². The predicted octanol–water partition coefficient (Wildman–Crippen LogP) is 3.58. The molecule has 0 nitrogen and oxygen atoms in total. The van der Waals surface area contributed by atoms with Crippen LogP contribution in [0.25, 0.3) is 0 Å². The second-order valence-electron chi connectivity index (χ2n) is 2.23. The first kappa shape index (κ1) is 12.0. The Morgan fingerprint density at radius 2 is 1.70 bits per heavy atom. The predicted molar refractivity (Wildman–Crippen MR) is 50.0 cm³/mol. The molecule has 10 heavy (non-hydrogen) atoms. The molecular formula is C10H18. The number of allylic oxidation sites excluding steroid dienone is 3. The molecule has 0 N–H and O–H groups in total. The fourth-order valence-corrected chi connectivity index (χ4v) is 0.407. The maximum atomic E-state index is 3.86. The smallest absolute Gasteiger partial charge is 0.0225 e. The van der Waals surface area contributed by atoms with Crippen LogP contribution in [0.5, 0.6) is 0 Å². The van der Waals surface area contributed by atoms with Crippen molar-refractivity contribution in [2.45, 2.75) is 20.8 Å². The van der Waals surface area contributed by atoms with E-state index in [1.54, 1.807) is 0 Å². The van der Waals surface area contributed by atoms with E-state index in [9.17, 15) is 0 Å². The summed E-state index contributed by atoms with van der Waals surface area (Å²) in [4.78, 5) is 0. The summed E-state index contributed by atoms with van der Waals surface area (Å²) in [6, 6.07) is 0. The molecule has 0 saturated heterocycles. The summed E-state index contributed by atoms with van der Waals surface area (Å²) in [6.07, 6.45) is 4.06. The Kier molecular flexibility index (Phi) is 9.82. The summed E-state index contributed by atoms with van der Waals surface area (Å²) in [5, 5.41) is 0. The van der Waals surface area contributed by atoms with Gasteiger partial charge in [0.1, 0.15) is 0 Å². The fourth-order valence-electron chi connectivity index (χ4n) is 0.407. The van der Waals surface area contributed by atoms with Crippen molar-refractivity contribution in [1.82, 2.24) is 0 Å². The van der Waals surface area contributed by atoms with Crippen molar-refractivity contribution in [2.24, 2.45) is 5.92 Å². The summed E-state index contributed by atoms with van der Waals surface area (Å²) >= 11 is 0. The molecule has 0 spiro atoms. The van der Waals surface area contributed by atoms with Crippen LogP contribution in [0.1, 0.15) is 20.8 Å². The van der Waals surface area contributed by atoms with Gasteiger partial charge in [-0.15, -0.1) is 13.2 Å². The van der Waals surface area contributed by atoms with Crippen LogP contribution in [0, 0.1) is 5.92 Å². The number of hydrogen-bond acceptors (Lipinski definition) is 0. The molecule has 0 rings (SSSR count). The van der Waals surface area contributed by atoms with Crippen LogP contribution >= 0.6 is 0 Å². The summed E-state index contributed by atoms with van der Waals surface area (Å²) in [6.45, 7) is 16.1. The number of hydrogen-bond donors (Lipinski definition) is 0. The van der Waals surface area contributed by atoms with Gasteiger partial charge in [0.25, 0.3) is 0 Å². The third-order valence-electron chi connectivity index (χ3n) is 1.12. The van der Waals surface area contributed by atoms with Crippen LogP contribution in [-0.4, -0.2) is 0 Å². The van der Waals surface area contributed by atoms with E-state index in [4.69, 9.17) is 0 Å². The van der Waals surface area contributed by atoms with Crippen molar-refractivity contribution in [3.8, 4) is 0 Å². The highest BCUT2D eigenvalue weighted by atomic mass is 14.0. The number of rotatable bonds is 2. The quantitative estimate of drug-likeness (QED) is 0.404. The van der Waals surface area contributed by atoms with Gasteiger partial charge in [-0.1, -0.05) is 38.2 Å². The van der Waals surface area contributed by atoms with E-state index >= 15 is 0 Å². The first-order valence-electron chi connectivity index (χ1n) is 3.50. The van der Waals surface area contributed by atoms with Gasteiger partial charge in [-0.2, -0.15) is 0 Å². The Bertz CT molecular complexity index is 107. The van der Waals surface area contributed by atoms with Crippen molar-refractivity contribution in [3.05, 3.63) is 37.5 Å². The molecule has 0 aliphatic heterocycles. The molecule has 0 radical (unpaired) electrons. The molecule has 0 heteroatoms. The van der Waals surface area contributed by atoms with Gasteiger partial charge in [-0.3, -0.25) is 0 Å². The molecule has 0 aliphatic rings. The SMILES string of the molecule is C=C.C=C(/C=C\C)C(C)C. The van der Waals surface area contributed by atoms with Gasteiger partial charge >= 0.3 is 0 Å². The lowest BCUT2D eigenvalue weighted by Gasteiger charge is -2.00. The molecule has 0 aliphatic carbocycles. The van der Waals surface area contributed by atoms with Crippen LogP contribution in [-0.2, 0) is 0 Å². The summed E-state index contributed by atoms with van der Waals surface area (Å²) < 4.78 is 0. The molecule has 0 aromatic carbocycles. The Balaban J connectivity index is 0. The lowest BCUT2D eigenvalue weighted by molar-refractivity contribution is 0.795. The van der Waals surface area contributed by atoms with Crippen LogP contribution in [0.4, 0.5) is 0 Å². The first-order valence-corrected chi connectivity index (χ1v) is 3.50. The highest BCUT2D eigenvalue weighted by Crippen LogP contribution is 2.06. The normalized spacial score (nSPS) is 9.20.